The zero-order chi connectivity index (χ0) is 19.7. The van der Waals surface area contributed by atoms with Gasteiger partial charge in [0.15, 0.2) is 16.4 Å². The molecule has 0 saturated heterocycles. The number of carbonyl (C=O) groups is 1. The molecule has 1 atom stereocenters. The van der Waals surface area contributed by atoms with Gasteiger partial charge in [0.25, 0.3) is 5.91 Å². The van der Waals surface area contributed by atoms with Crippen LogP contribution in [-0.2, 0) is 14.4 Å². The molecule has 146 valence electrons. The van der Waals surface area contributed by atoms with Crippen molar-refractivity contribution in [1.29, 1.82) is 0 Å². The molecule has 1 aliphatic carbocycles. The largest absolute Gasteiger partial charge is 0.610 e. The van der Waals surface area contributed by atoms with E-state index in [1.54, 1.807) is 47.0 Å². The van der Waals surface area contributed by atoms with E-state index in [1.807, 2.05) is 0 Å². The van der Waals surface area contributed by atoms with Gasteiger partial charge in [-0.25, -0.2) is 0 Å². The van der Waals surface area contributed by atoms with Gasteiger partial charge in [-0.05, 0) is 49.2 Å². The molecule has 8 heteroatoms. The Morgan fingerprint density at radius 1 is 1.11 bits per heavy atom. The molecule has 1 unspecified atom stereocenters. The van der Waals surface area contributed by atoms with E-state index < -0.39 is 10.2 Å². The summed E-state index contributed by atoms with van der Waals surface area (Å²) in [7, 11) is -3.26. The predicted octanol–water partition coefficient (Wildman–Crippen LogP) is 3.08. The number of pyridine rings is 1. The van der Waals surface area contributed by atoms with Gasteiger partial charge in [-0.3, -0.25) is 9.20 Å². The first-order chi connectivity index (χ1) is 13.4. The normalized spacial score (nSPS) is 17.4. The third-order valence-electron chi connectivity index (χ3n) is 5.15. The van der Waals surface area contributed by atoms with Crippen LogP contribution in [0.5, 0.6) is 0 Å². The third kappa shape index (κ3) is 3.83. The Labute approximate surface area is 164 Å². The predicted molar refractivity (Wildman–Crippen MR) is 106 cm³/mol. The van der Waals surface area contributed by atoms with Gasteiger partial charge in [-0.1, -0.05) is 19.3 Å². The number of hydrogen-bond donors (Lipinski definition) is 1. The van der Waals surface area contributed by atoms with Crippen LogP contribution in [0.15, 0.2) is 47.5 Å². The van der Waals surface area contributed by atoms with E-state index in [-0.39, 0.29) is 16.8 Å². The molecule has 1 aliphatic rings. The van der Waals surface area contributed by atoms with Gasteiger partial charge in [0.2, 0.25) is 0 Å². The van der Waals surface area contributed by atoms with Crippen molar-refractivity contribution in [1.82, 2.24) is 19.9 Å². The molecule has 4 rings (SSSR count). The Kier molecular flexibility index (Phi) is 4.99. The summed E-state index contributed by atoms with van der Waals surface area (Å²) in [6, 6.07) is 10.2. The van der Waals surface area contributed by atoms with Crippen LogP contribution in [0, 0.1) is 0 Å². The average Bonchev–Trinajstić information content (AvgIpc) is 3.11. The highest BCUT2D eigenvalue weighted by atomic mass is 32.3. The molecule has 28 heavy (non-hydrogen) atoms. The minimum atomic E-state index is -3.26. The molecular weight excluding hydrogens is 376 g/mol. The molecular formula is C20H22N4O3S. The number of hydrogen-bond acceptors (Lipinski definition) is 5. The van der Waals surface area contributed by atoms with Gasteiger partial charge in [-0.2, -0.15) is 0 Å². The highest BCUT2D eigenvalue weighted by Gasteiger charge is 2.18. The number of amides is 1. The average molecular weight is 398 g/mol. The highest BCUT2D eigenvalue weighted by molar-refractivity contribution is 7.97. The van der Waals surface area contributed by atoms with Crippen LogP contribution in [0.4, 0.5) is 0 Å². The summed E-state index contributed by atoms with van der Waals surface area (Å²) in [5.41, 5.74) is 1.90. The van der Waals surface area contributed by atoms with E-state index in [4.69, 9.17) is 0 Å². The maximum Gasteiger partial charge on any atom is 0.252 e. The van der Waals surface area contributed by atoms with E-state index in [0.717, 1.165) is 31.2 Å². The summed E-state index contributed by atoms with van der Waals surface area (Å²) >= 11 is 0. The first-order valence-corrected chi connectivity index (χ1v) is 11.3. The lowest BCUT2D eigenvalue weighted by Gasteiger charge is -2.22. The number of benzene rings is 1. The summed E-state index contributed by atoms with van der Waals surface area (Å²) in [6.45, 7) is 0. The van der Waals surface area contributed by atoms with Crippen molar-refractivity contribution >= 4 is 21.8 Å². The van der Waals surface area contributed by atoms with E-state index in [2.05, 4.69) is 15.5 Å². The Hall–Kier alpha value is -2.58. The van der Waals surface area contributed by atoms with Gasteiger partial charge in [-0.15, -0.1) is 14.4 Å². The minimum absolute atomic E-state index is 0.0964. The van der Waals surface area contributed by atoms with E-state index in [0.29, 0.717) is 17.0 Å². The van der Waals surface area contributed by atoms with Crippen molar-refractivity contribution in [2.45, 2.75) is 43.0 Å². The molecule has 3 aromatic rings. The van der Waals surface area contributed by atoms with Gasteiger partial charge in [0.1, 0.15) is 6.26 Å². The number of fused-ring (bicyclic) bond motifs is 1. The summed E-state index contributed by atoms with van der Waals surface area (Å²) in [4.78, 5) is 12.9. The Balaban J connectivity index is 1.62. The van der Waals surface area contributed by atoms with Crippen molar-refractivity contribution in [2.24, 2.45) is 0 Å². The van der Waals surface area contributed by atoms with Crippen LogP contribution in [0.2, 0.25) is 0 Å². The molecule has 0 bridgehead atoms. The van der Waals surface area contributed by atoms with Gasteiger partial charge in [0.05, 0.1) is 15.8 Å². The molecule has 0 aliphatic heterocycles. The minimum Gasteiger partial charge on any atom is -0.610 e. The second kappa shape index (κ2) is 7.44. The summed E-state index contributed by atoms with van der Waals surface area (Å²) < 4.78 is 25.1. The number of aromatic nitrogens is 3. The zero-order valence-electron chi connectivity index (χ0n) is 15.6. The van der Waals surface area contributed by atoms with Crippen molar-refractivity contribution < 1.29 is 13.6 Å². The lowest BCUT2D eigenvalue weighted by atomic mass is 9.95. The van der Waals surface area contributed by atoms with E-state index >= 15 is 0 Å². The fourth-order valence-electron chi connectivity index (χ4n) is 3.59. The molecule has 1 aromatic carbocycles. The highest BCUT2D eigenvalue weighted by Crippen LogP contribution is 2.23. The Morgan fingerprint density at radius 3 is 2.50 bits per heavy atom. The SMILES string of the molecule is C[S+](=O)([O-])c1ccc(-c2nnc3ccc(C(=O)NC4CCCCC4)cn23)cc1. The monoisotopic (exact) mass is 398 g/mol. The molecule has 1 fully saturated rings. The Morgan fingerprint density at radius 2 is 1.82 bits per heavy atom. The smallest absolute Gasteiger partial charge is 0.252 e. The number of nitrogens with one attached hydrogen (secondary N) is 1. The second-order valence-corrected chi connectivity index (χ2v) is 9.29. The molecule has 1 N–H and O–H groups in total. The van der Waals surface area contributed by atoms with Crippen LogP contribution in [0.25, 0.3) is 17.0 Å². The fraction of sp³-hybridized carbons (Fsp3) is 0.350. The third-order valence-corrected chi connectivity index (χ3v) is 6.27. The quantitative estimate of drug-likeness (QED) is 0.681. The van der Waals surface area contributed by atoms with Gasteiger partial charge < -0.3 is 9.87 Å². The lowest BCUT2D eigenvalue weighted by molar-refractivity contribution is 0.0927. The molecule has 1 amide bonds. The number of carbonyl (C=O) groups excluding carboxylic acids is 1. The summed E-state index contributed by atoms with van der Waals surface area (Å²) in [6.07, 6.45) is 8.50. The first kappa shape index (κ1) is 18.8. The van der Waals surface area contributed by atoms with Crippen molar-refractivity contribution in [3.63, 3.8) is 0 Å². The van der Waals surface area contributed by atoms with Crippen molar-refractivity contribution in [2.75, 3.05) is 6.26 Å². The Bertz CT molecular complexity index is 1050. The van der Waals surface area contributed by atoms with Crippen LogP contribution >= 0.6 is 0 Å². The van der Waals surface area contributed by atoms with Crippen LogP contribution in [0.3, 0.4) is 0 Å². The molecule has 2 heterocycles. The van der Waals surface area contributed by atoms with E-state index in [1.165, 1.54) is 12.7 Å². The fourth-order valence-corrected chi connectivity index (χ4v) is 4.22. The number of nitrogens with zero attached hydrogens (tertiary/aromatic N) is 3. The molecule has 1 saturated carbocycles. The molecule has 2 aromatic heterocycles. The van der Waals surface area contributed by atoms with Crippen molar-refractivity contribution in [3.8, 4) is 11.4 Å². The summed E-state index contributed by atoms with van der Waals surface area (Å²) in [5, 5.41) is 11.5. The molecule has 0 spiro atoms. The van der Waals surface area contributed by atoms with Crippen LogP contribution in [0.1, 0.15) is 42.5 Å². The topological polar surface area (TPSA) is 99.4 Å². The maximum atomic E-state index is 12.6. The summed E-state index contributed by atoms with van der Waals surface area (Å²) in [5.74, 6) is 0.461. The van der Waals surface area contributed by atoms with Crippen molar-refractivity contribution in [3.05, 3.63) is 48.2 Å². The first-order valence-electron chi connectivity index (χ1n) is 9.38. The zero-order valence-corrected chi connectivity index (χ0v) is 16.4. The molecule has 0 radical (unpaired) electrons. The number of sulfone groups is 1. The van der Waals surface area contributed by atoms with Gasteiger partial charge in [0, 0.05) is 17.8 Å². The second-order valence-electron chi connectivity index (χ2n) is 7.27. The van der Waals surface area contributed by atoms with E-state index in [9.17, 15) is 13.6 Å². The molecule has 7 nitrogen and oxygen atoms in total. The van der Waals surface area contributed by atoms with Crippen LogP contribution < -0.4 is 5.32 Å². The standard InChI is InChI=1S/C20H22N4O3S/c1-28(26,27)17-10-7-14(8-11-17)19-23-22-18-12-9-15(13-24(18)19)20(25)21-16-5-3-2-4-6-16/h7-13,16H,2-6H2,1H3,(H-,21,25,26,27). The van der Waals surface area contributed by atoms with Gasteiger partial charge >= 0.3 is 0 Å². The maximum absolute atomic E-state index is 12.6. The number of rotatable bonds is 4. The van der Waals surface area contributed by atoms with Crippen LogP contribution in [-0.4, -0.2) is 37.4 Å². The lowest BCUT2D eigenvalue weighted by Crippen LogP contribution is -2.36.